The molecule has 1 saturated heterocycles. The van der Waals surface area contributed by atoms with Crippen LogP contribution in [0.2, 0.25) is 0 Å². The van der Waals surface area contributed by atoms with Crippen LogP contribution in [0.5, 0.6) is 0 Å². The molecule has 1 aliphatic rings. The van der Waals surface area contributed by atoms with Crippen LogP contribution in [-0.2, 0) is 11.3 Å². The van der Waals surface area contributed by atoms with Gasteiger partial charge >= 0.3 is 0 Å². The number of rotatable bonds is 4. The molecule has 2 atom stereocenters. The van der Waals surface area contributed by atoms with Crippen molar-refractivity contribution in [3.63, 3.8) is 0 Å². The first-order chi connectivity index (χ1) is 9.08. The van der Waals surface area contributed by atoms with Crippen LogP contribution in [0.4, 0.5) is 0 Å². The molecule has 1 heterocycles. The minimum Gasteiger partial charge on any atom is -0.371 e. The van der Waals surface area contributed by atoms with E-state index in [0.29, 0.717) is 11.8 Å². The maximum absolute atomic E-state index is 5.92. The summed E-state index contributed by atoms with van der Waals surface area (Å²) in [6.07, 6.45) is 0.438. The summed E-state index contributed by atoms with van der Waals surface area (Å²) < 4.78 is 5.78. The van der Waals surface area contributed by atoms with E-state index < -0.39 is 0 Å². The molecule has 0 radical (unpaired) electrons. The van der Waals surface area contributed by atoms with E-state index in [2.05, 4.69) is 49.9 Å². The van der Waals surface area contributed by atoms with Gasteiger partial charge in [-0.25, -0.2) is 0 Å². The third-order valence-electron chi connectivity index (χ3n) is 3.63. The van der Waals surface area contributed by atoms with E-state index in [1.807, 2.05) is 0 Å². The summed E-state index contributed by atoms with van der Waals surface area (Å²) in [5.74, 6) is 1.17. The Balaban J connectivity index is 1.96. The van der Waals surface area contributed by atoms with Crippen molar-refractivity contribution in [2.45, 2.75) is 45.4 Å². The van der Waals surface area contributed by atoms with E-state index in [9.17, 15) is 0 Å². The summed E-state index contributed by atoms with van der Waals surface area (Å²) in [5.41, 5.74) is 2.77. The molecular formula is C16H24ClNO. The minimum absolute atomic E-state index is 0.167. The zero-order valence-corrected chi connectivity index (χ0v) is 12.9. The fourth-order valence-corrected chi connectivity index (χ4v) is 2.79. The molecule has 3 heteroatoms. The van der Waals surface area contributed by atoms with Crippen LogP contribution in [0.3, 0.4) is 0 Å². The summed E-state index contributed by atoms with van der Waals surface area (Å²) in [4.78, 5) is 2.44. The number of hydrogen-bond donors (Lipinski definition) is 0. The number of morpholine rings is 1. The van der Waals surface area contributed by atoms with Crippen molar-refractivity contribution >= 4 is 11.6 Å². The van der Waals surface area contributed by atoms with Gasteiger partial charge in [0.15, 0.2) is 0 Å². The Kier molecular flexibility index (Phi) is 5.26. The Hall–Kier alpha value is -0.570. The fourth-order valence-electron chi connectivity index (χ4n) is 2.62. The third kappa shape index (κ3) is 4.20. The highest BCUT2D eigenvalue weighted by molar-refractivity contribution is 6.18. The van der Waals surface area contributed by atoms with Gasteiger partial charge in [-0.3, -0.25) is 4.90 Å². The van der Waals surface area contributed by atoms with Crippen LogP contribution in [0.1, 0.15) is 37.8 Å². The Bertz CT molecular complexity index is 390. The second kappa shape index (κ2) is 6.74. The minimum atomic E-state index is 0.167. The van der Waals surface area contributed by atoms with Crippen LogP contribution >= 0.6 is 11.6 Å². The molecule has 2 unspecified atom stereocenters. The Morgan fingerprint density at radius 1 is 1.26 bits per heavy atom. The van der Waals surface area contributed by atoms with Crippen molar-refractivity contribution < 1.29 is 4.74 Å². The Morgan fingerprint density at radius 3 is 2.53 bits per heavy atom. The highest BCUT2D eigenvalue weighted by atomic mass is 35.5. The average molecular weight is 282 g/mol. The van der Waals surface area contributed by atoms with Gasteiger partial charge in [0.2, 0.25) is 0 Å². The lowest BCUT2D eigenvalue weighted by atomic mass is 10.0. The number of alkyl halides is 1. The van der Waals surface area contributed by atoms with Gasteiger partial charge < -0.3 is 4.74 Å². The molecule has 1 aromatic carbocycles. The van der Waals surface area contributed by atoms with E-state index >= 15 is 0 Å². The molecule has 0 N–H and O–H groups in total. The standard InChI is InChI=1S/C16H24ClNO/c1-12(2)15-6-4-14(5-7-15)10-18-9-13(3)19-16(8-17)11-18/h4-7,12-13,16H,8-11H2,1-3H3. The van der Waals surface area contributed by atoms with Crippen molar-refractivity contribution in [2.75, 3.05) is 19.0 Å². The average Bonchev–Trinajstić information content (AvgIpc) is 2.38. The molecule has 2 rings (SSSR count). The summed E-state index contributed by atoms with van der Waals surface area (Å²) in [7, 11) is 0. The lowest BCUT2D eigenvalue weighted by Crippen LogP contribution is -2.46. The monoisotopic (exact) mass is 281 g/mol. The van der Waals surface area contributed by atoms with E-state index in [1.165, 1.54) is 11.1 Å². The zero-order chi connectivity index (χ0) is 13.8. The molecule has 1 aliphatic heterocycles. The number of halogens is 1. The lowest BCUT2D eigenvalue weighted by molar-refractivity contribution is -0.0688. The molecule has 0 aliphatic carbocycles. The first-order valence-corrected chi connectivity index (χ1v) is 7.64. The van der Waals surface area contributed by atoms with Crippen molar-refractivity contribution in [1.82, 2.24) is 4.90 Å². The van der Waals surface area contributed by atoms with E-state index in [0.717, 1.165) is 19.6 Å². The van der Waals surface area contributed by atoms with Gasteiger partial charge in [-0.1, -0.05) is 38.1 Å². The molecule has 1 aromatic rings. The van der Waals surface area contributed by atoms with Crippen LogP contribution in [0.15, 0.2) is 24.3 Å². The van der Waals surface area contributed by atoms with Crippen LogP contribution in [0.25, 0.3) is 0 Å². The SMILES string of the molecule is CC1CN(Cc2ccc(C(C)C)cc2)CC(CCl)O1. The second-order valence-corrected chi connectivity index (χ2v) is 6.12. The number of nitrogens with zero attached hydrogens (tertiary/aromatic N) is 1. The van der Waals surface area contributed by atoms with Gasteiger partial charge in [-0.05, 0) is 24.0 Å². The molecule has 2 nitrogen and oxygen atoms in total. The molecule has 0 aromatic heterocycles. The summed E-state index contributed by atoms with van der Waals surface area (Å²) in [5, 5.41) is 0. The molecule has 0 spiro atoms. The topological polar surface area (TPSA) is 12.5 Å². The van der Waals surface area contributed by atoms with Gasteiger partial charge in [0, 0.05) is 25.5 Å². The predicted octanol–water partition coefficient (Wildman–Crippen LogP) is 3.64. The maximum Gasteiger partial charge on any atom is 0.0841 e. The Labute approximate surface area is 121 Å². The number of benzene rings is 1. The maximum atomic E-state index is 5.92. The highest BCUT2D eigenvalue weighted by Gasteiger charge is 2.24. The van der Waals surface area contributed by atoms with Gasteiger partial charge in [0.25, 0.3) is 0 Å². The fraction of sp³-hybridized carbons (Fsp3) is 0.625. The van der Waals surface area contributed by atoms with Crippen LogP contribution in [-0.4, -0.2) is 36.1 Å². The first-order valence-electron chi connectivity index (χ1n) is 7.11. The molecule has 0 amide bonds. The molecular weight excluding hydrogens is 258 g/mol. The first kappa shape index (κ1) is 14.8. The third-order valence-corrected chi connectivity index (χ3v) is 3.97. The molecule has 0 bridgehead atoms. The van der Waals surface area contributed by atoms with Crippen molar-refractivity contribution in [2.24, 2.45) is 0 Å². The Morgan fingerprint density at radius 2 is 1.95 bits per heavy atom. The van der Waals surface area contributed by atoms with Crippen molar-refractivity contribution in [3.8, 4) is 0 Å². The van der Waals surface area contributed by atoms with Gasteiger partial charge in [-0.2, -0.15) is 0 Å². The van der Waals surface area contributed by atoms with Gasteiger partial charge in [0.05, 0.1) is 12.2 Å². The van der Waals surface area contributed by atoms with Crippen LogP contribution in [0, 0.1) is 0 Å². The van der Waals surface area contributed by atoms with Crippen molar-refractivity contribution in [3.05, 3.63) is 35.4 Å². The van der Waals surface area contributed by atoms with E-state index in [1.54, 1.807) is 0 Å². The number of hydrogen-bond acceptors (Lipinski definition) is 2. The molecule has 19 heavy (non-hydrogen) atoms. The van der Waals surface area contributed by atoms with E-state index in [-0.39, 0.29) is 12.2 Å². The summed E-state index contributed by atoms with van der Waals surface area (Å²) >= 11 is 5.92. The van der Waals surface area contributed by atoms with Crippen molar-refractivity contribution in [1.29, 1.82) is 0 Å². The quantitative estimate of drug-likeness (QED) is 0.782. The zero-order valence-electron chi connectivity index (χ0n) is 12.1. The summed E-state index contributed by atoms with van der Waals surface area (Å²) in [6.45, 7) is 9.47. The largest absolute Gasteiger partial charge is 0.371 e. The van der Waals surface area contributed by atoms with E-state index in [4.69, 9.17) is 16.3 Å². The number of ether oxygens (including phenoxy) is 1. The normalized spacial score (nSPS) is 24.9. The second-order valence-electron chi connectivity index (χ2n) is 5.81. The smallest absolute Gasteiger partial charge is 0.0841 e. The van der Waals surface area contributed by atoms with Gasteiger partial charge in [-0.15, -0.1) is 11.6 Å². The molecule has 0 saturated carbocycles. The molecule has 1 fully saturated rings. The highest BCUT2D eigenvalue weighted by Crippen LogP contribution is 2.18. The lowest BCUT2D eigenvalue weighted by Gasteiger charge is -2.36. The van der Waals surface area contributed by atoms with Gasteiger partial charge in [0.1, 0.15) is 0 Å². The summed E-state index contributed by atoms with van der Waals surface area (Å²) in [6, 6.07) is 8.96. The molecule has 106 valence electrons. The predicted molar refractivity (Wildman–Crippen MR) is 80.9 cm³/mol. The van der Waals surface area contributed by atoms with Crippen LogP contribution < -0.4 is 0 Å².